The van der Waals surface area contributed by atoms with Gasteiger partial charge in [-0.15, -0.1) is 0 Å². The summed E-state index contributed by atoms with van der Waals surface area (Å²) in [4.78, 5) is 2.44. The molecule has 0 spiro atoms. The molecule has 1 nitrogen and oxygen atoms in total. The molecule has 1 fully saturated rings. The summed E-state index contributed by atoms with van der Waals surface area (Å²) in [5, 5.41) is 0. The Morgan fingerprint density at radius 2 is 2.36 bits per heavy atom. The van der Waals surface area contributed by atoms with Crippen LogP contribution < -0.4 is 0 Å². The van der Waals surface area contributed by atoms with E-state index in [1.54, 1.807) is 0 Å². The highest BCUT2D eigenvalue weighted by Crippen LogP contribution is 2.21. The monoisotopic (exact) mass is 154 g/mol. The van der Waals surface area contributed by atoms with E-state index in [1.165, 1.54) is 32.4 Å². The standard InChI is InChI=1S/C10H20N/c1-9(2)7-10-5-4-6-11(3)8-10/h9-10H,1,4-8H2,2-3H3. The van der Waals surface area contributed by atoms with Gasteiger partial charge in [0.15, 0.2) is 0 Å². The second-order valence-electron chi connectivity index (χ2n) is 4.11. The van der Waals surface area contributed by atoms with Gasteiger partial charge in [-0.2, -0.15) is 0 Å². The van der Waals surface area contributed by atoms with Crippen molar-refractivity contribution >= 4 is 0 Å². The highest BCUT2D eigenvalue weighted by atomic mass is 15.1. The summed E-state index contributed by atoms with van der Waals surface area (Å²) in [5.41, 5.74) is 0. The third-order valence-corrected chi connectivity index (χ3v) is 2.46. The van der Waals surface area contributed by atoms with Crippen LogP contribution in [0.1, 0.15) is 26.2 Å². The Labute approximate surface area is 70.8 Å². The van der Waals surface area contributed by atoms with Crippen molar-refractivity contribution in [3.8, 4) is 0 Å². The summed E-state index contributed by atoms with van der Waals surface area (Å²) < 4.78 is 0. The van der Waals surface area contributed by atoms with Crippen LogP contribution in [0.25, 0.3) is 0 Å². The molecule has 0 amide bonds. The SMILES string of the molecule is [CH2]C(C)CC1CCCN(C)C1. The lowest BCUT2D eigenvalue weighted by atomic mass is 9.90. The van der Waals surface area contributed by atoms with E-state index in [1.807, 2.05) is 0 Å². The molecule has 1 aliphatic rings. The van der Waals surface area contributed by atoms with Gasteiger partial charge in [0, 0.05) is 6.54 Å². The molecule has 2 atom stereocenters. The van der Waals surface area contributed by atoms with Gasteiger partial charge < -0.3 is 4.90 Å². The quantitative estimate of drug-likeness (QED) is 0.589. The molecule has 0 aromatic carbocycles. The molecular weight excluding hydrogens is 134 g/mol. The molecule has 0 bridgehead atoms. The zero-order valence-electron chi connectivity index (χ0n) is 7.84. The molecule has 0 aliphatic carbocycles. The predicted octanol–water partition coefficient (Wildman–Crippen LogP) is 2.19. The van der Waals surface area contributed by atoms with Gasteiger partial charge in [0.1, 0.15) is 0 Å². The first-order chi connectivity index (χ1) is 5.18. The summed E-state index contributed by atoms with van der Waals surface area (Å²) in [6, 6.07) is 0. The third kappa shape index (κ3) is 3.24. The molecule has 2 unspecified atom stereocenters. The molecule has 0 saturated carbocycles. The second kappa shape index (κ2) is 4.10. The molecule has 1 heteroatoms. The van der Waals surface area contributed by atoms with E-state index in [0.29, 0.717) is 5.92 Å². The van der Waals surface area contributed by atoms with Gasteiger partial charge in [-0.25, -0.2) is 0 Å². The zero-order chi connectivity index (χ0) is 8.27. The maximum atomic E-state index is 4.04. The van der Waals surface area contributed by atoms with E-state index in [9.17, 15) is 0 Å². The van der Waals surface area contributed by atoms with Crippen molar-refractivity contribution in [3.05, 3.63) is 6.92 Å². The van der Waals surface area contributed by atoms with Crippen molar-refractivity contribution in [3.63, 3.8) is 0 Å². The van der Waals surface area contributed by atoms with Crippen LogP contribution in [0.3, 0.4) is 0 Å². The van der Waals surface area contributed by atoms with Gasteiger partial charge in [-0.05, 0) is 44.7 Å². The van der Waals surface area contributed by atoms with Gasteiger partial charge in [0.05, 0.1) is 0 Å². The van der Waals surface area contributed by atoms with Crippen molar-refractivity contribution < 1.29 is 0 Å². The number of hydrogen-bond acceptors (Lipinski definition) is 1. The summed E-state index contributed by atoms with van der Waals surface area (Å²) >= 11 is 0. The van der Waals surface area contributed by atoms with Crippen molar-refractivity contribution in [2.45, 2.75) is 26.2 Å². The molecule has 1 radical (unpaired) electrons. The van der Waals surface area contributed by atoms with Gasteiger partial charge >= 0.3 is 0 Å². The van der Waals surface area contributed by atoms with E-state index < -0.39 is 0 Å². The molecule has 11 heavy (non-hydrogen) atoms. The topological polar surface area (TPSA) is 3.24 Å². The number of nitrogens with zero attached hydrogens (tertiary/aromatic N) is 1. The van der Waals surface area contributed by atoms with Crippen molar-refractivity contribution in [1.29, 1.82) is 0 Å². The van der Waals surface area contributed by atoms with Crippen molar-refractivity contribution in [1.82, 2.24) is 4.90 Å². The number of likely N-dealkylation sites (tertiary alicyclic amines) is 1. The van der Waals surface area contributed by atoms with Gasteiger partial charge in [0.2, 0.25) is 0 Å². The van der Waals surface area contributed by atoms with Crippen molar-refractivity contribution in [2.24, 2.45) is 11.8 Å². The maximum Gasteiger partial charge on any atom is 0.000671 e. The van der Waals surface area contributed by atoms with E-state index in [-0.39, 0.29) is 0 Å². The van der Waals surface area contributed by atoms with E-state index in [0.717, 1.165) is 5.92 Å². The van der Waals surface area contributed by atoms with Gasteiger partial charge in [-0.3, -0.25) is 0 Å². The fraction of sp³-hybridized carbons (Fsp3) is 0.900. The fourth-order valence-corrected chi connectivity index (χ4v) is 2.03. The minimum atomic E-state index is 0.631. The normalized spacial score (nSPS) is 27.8. The van der Waals surface area contributed by atoms with Crippen LogP contribution >= 0.6 is 0 Å². The first kappa shape index (κ1) is 9.05. The molecule has 1 saturated heterocycles. The number of piperidine rings is 1. The van der Waals surface area contributed by atoms with Gasteiger partial charge in [0.25, 0.3) is 0 Å². The smallest absolute Gasteiger partial charge is 0.000671 e. The lowest BCUT2D eigenvalue weighted by Crippen LogP contribution is -2.32. The number of rotatable bonds is 2. The Morgan fingerprint density at radius 3 is 2.91 bits per heavy atom. The summed E-state index contributed by atoms with van der Waals surface area (Å²) in [5.74, 6) is 1.55. The zero-order valence-corrected chi connectivity index (χ0v) is 7.84. The van der Waals surface area contributed by atoms with E-state index in [4.69, 9.17) is 0 Å². The van der Waals surface area contributed by atoms with Crippen LogP contribution in [-0.2, 0) is 0 Å². The second-order valence-corrected chi connectivity index (χ2v) is 4.11. The Morgan fingerprint density at radius 1 is 1.64 bits per heavy atom. The molecule has 65 valence electrons. The summed E-state index contributed by atoms with van der Waals surface area (Å²) in [6.45, 7) is 8.84. The van der Waals surface area contributed by atoms with Crippen LogP contribution in [0.15, 0.2) is 0 Å². The molecule has 1 aliphatic heterocycles. The minimum Gasteiger partial charge on any atom is -0.306 e. The maximum absolute atomic E-state index is 4.04. The number of hydrogen-bond donors (Lipinski definition) is 0. The Bertz CT molecular complexity index is 107. The molecule has 1 rings (SSSR count). The average Bonchev–Trinajstić information content (AvgIpc) is 1.85. The van der Waals surface area contributed by atoms with Gasteiger partial charge in [-0.1, -0.05) is 13.8 Å². The average molecular weight is 154 g/mol. The summed E-state index contributed by atoms with van der Waals surface area (Å²) in [6.07, 6.45) is 4.11. The fourth-order valence-electron chi connectivity index (χ4n) is 2.03. The Hall–Kier alpha value is -0.0400. The largest absolute Gasteiger partial charge is 0.306 e. The first-order valence-corrected chi connectivity index (χ1v) is 4.70. The van der Waals surface area contributed by atoms with Crippen LogP contribution in [0, 0.1) is 18.8 Å². The minimum absolute atomic E-state index is 0.631. The molecule has 1 heterocycles. The highest BCUT2D eigenvalue weighted by molar-refractivity contribution is 4.72. The lowest BCUT2D eigenvalue weighted by molar-refractivity contribution is 0.193. The van der Waals surface area contributed by atoms with Crippen LogP contribution in [0.4, 0.5) is 0 Å². The van der Waals surface area contributed by atoms with E-state index >= 15 is 0 Å². The molecule has 0 N–H and O–H groups in total. The molecular formula is C10H20N. The van der Waals surface area contributed by atoms with Crippen LogP contribution in [0.5, 0.6) is 0 Å². The Kier molecular flexibility index (Phi) is 3.38. The van der Waals surface area contributed by atoms with Crippen molar-refractivity contribution in [2.75, 3.05) is 20.1 Å². The van der Waals surface area contributed by atoms with Crippen LogP contribution in [0.2, 0.25) is 0 Å². The predicted molar refractivity (Wildman–Crippen MR) is 49.4 cm³/mol. The lowest BCUT2D eigenvalue weighted by Gasteiger charge is -2.30. The molecule has 0 aromatic rings. The highest BCUT2D eigenvalue weighted by Gasteiger charge is 2.17. The summed E-state index contributed by atoms with van der Waals surface area (Å²) in [7, 11) is 2.22. The van der Waals surface area contributed by atoms with Crippen LogP contribution in [-0.4, -0.2) is 25.0 Å². The molecule has 0 aromatic heterocycles. The van der Waals surface area contributed by atoms with E-state index in [2.05, 4.69) is 25.8 Å². The Balaban J connectivity index is 2.23. The third-order valence-electron chi connectivity index (χ3n) is 2.46. The first-order valence-electron chi connectivity index (χ1n) is 4.70.